The third-order valence-corrected chi connectivity index (χ3v) is 5.33. The molecule has 1 aromatic carbocycles. The third kappa shape index (κ3) is 4.80. The number of hydrogen-bond acceptors (Lipinski definition) is 4. The number of rotatable bonds is 8. The van der Waals surface area contributed by atoms with Crippen LogP contribution in [0.5, 0.6) is 0 Å². The van der Waals surface area contributed by atoms with Gasteiger partial charge in [-0.2, -0.15) is 0 Å². The molecule has 0 aliphatic heterocycles. The van der Waals surface area contributed by atoms with Crippen molar-refractivity contribution in [1.82, 2.24) is 0 Å². The average molecular weight is 348 g/mol. The molecule has 0 aromatic heterocycles. The van der Waals surface area contributed by atoms with Crippen molar-refractivity contribution < 1.29 is 19.8 Å². The Bertz CT molecular complexity index is 592. The highest BCUT2D eigenvalue weighted by atomic mass is 16.3. The van der Waals surface area contributed by atoms with Crippen molar-refractivity contribution in [3.63, 3.8) is 0 Å². The number of nitrogens with two attached hydrogens (primary N) is 2. The Morgan fingerprint density at radius 3 is 2.48 bits per heavy atom. The van der Waals surface area contributed by atoms with Crippen molar-refractivity contribution in [2.45, 2.75) is 56.7 Å². The largest absolute Gasteiger partial charge is 0.393 e. The highest BCUT2D eigenvalue weighted by Gasteiger charge is 2.50. The van der Waals surface area contributed by atoms with Gasteiger partial charge in [-0.25, -0.2) is 0 Å². The maximum absolute atomic E-state index is 12.0. The molecule has 1 aliphatic rings. The Morgan fingerprint density at radius 1 is 1.20 bits per heavy atom. The fourth-order valence-electron chi connectivity index (χ4n) is 3.92. The zero-order chi connectivity index (χ0) is 18.4. The number of carbonyl (C=O) groups is 2. The minimum Gasteiger partial charge on any atom is -0.393 e. The van der Waals surface area contributed by atoms with Crippen LogP contribution in [0.15, 0.2) is 30.3 Å². The summed E-state index contributed by atoms with van der Waals surface area (Å²) in [7, 11) is 0. The lowest BCUT2D eigenvalue weighted by Crippen LogP contribution is -2.56. The Morgan fingerprint density at radius 2 is 1.88 bits per heavy atom. The molecule has 1 saturated carbocycles. The van der Waals surface area contributed by atoms with E-state index in [-0.39, 0.29) is 6.42 Å². The second-order valence-corrected chi connectivity index (χ2v) is 7.06. The van der Waals surface area contributed by atoms with E-state index in [1.807, 2.05) is 30.3 Å². The molecule has 0 heterocycles. The van der Waals surface area contributed by atoms with Crippen LogP contribution >= 0.6 is 0 Å². The number of carbonyl (C=O) groups excluding carboxylic acids is 2. The summed E-state index contributed by atoms with van der Waals surface area (Å²) in [5.74, 6) is -3.11. The lowest BCUT2D eigenvalue weighted by Gasteiger charge is -2.43. The van der Waals surface area contributed by atoms with Crippen LogP contribution in [0.3, 0.4) is 0 Å². The molecule has 0 bridgehead atoms. The number of aryl methyl sites for hydroxylation is 1. The van der Waals surface area contributed by atoms with Gasteiger partial charge in [0.15, 0.2) is 0 Å². The highest BCUT2D eigenvalue weighted by molar-refractivity contribution is 5.82. The zero-order valence-electron chi connectivity index (χ0n) is 14.4. The number of aliphatic hydroxyl groups excluding tert-OH is 1. The van der Waals surface area contributed by atoms with Crippen molar-refractivity contribution in [3.8, 4) is 0 Å². The minimum atomic E-state index is -1.57. The van der Waals surface area contributed by atoms with Gasteiger partial charge in [0.25, 0.3) is 0 Å². The first-order valence-corrected chi connectivity index (χ1v) is 8.87. The zero-order valence-corrected chi connectivity index (χ0v) is 14.4. The molecule has 4 atom stereocenters. The summed E-state index contributed by atoms with van der Waals surface area (Å²) in [6.45, 7) is 0. The van der Waals surface area contributed by atoms with Crippen molar-refractivity contribution in [3.05, 3.63) is 35.9 Å². The van der Waals surface area contributed by atoms with E-state index in [9.17, 15) is 19.8 Å². The highest BCUT2D eigenvalue weighted by Crippen LogP contribution is 2.41. The van der Waals surface area contributed by atoms with E-state index in [1.54, 1.807) is 0 Å². The molecule has 25 heavy (non-hydrogen) atoms. The second kappa shape index (κ2) is 8.45. The molecule has 1 fully saturated rings. The van der Waals surface area contributed by atoms with Gasteiger partial charge in [-0.3, -0.25) is 9.59 Å². The first kappa shape index (κ1) is 19.4. The molecule has 1 aromatic rings. The maximum Gasteiger partial charge on any atom is 0.223 e. The van der Waals surface area contributed by atoms with Gasteiger partial charge in [0.1, 0.15) is 0 Å². The monoisotopic (exact) mass is 348 g/mol. The predicted octanol–water partition coefficient (Wildman–Crippen LogP) is 0.878. The molecule has 6 N–H and O–H groups in total. The molecule has 0 saturated heterocycles. The second-order valence-electron chi connectivity index (χ2n) is 7.06. The van der Waals surface area contributed by atoms with Crippen molar-refractivity contribution >= 4 is 11.8 Å². The SMILES string of the molecule is NC(=O)C1CCCC[C@@]1(O)[C@H](C[C@@H](O)CCc1ccccc1)C(N)=O. The fourth-order valence-corrected chi connectivity index (χ4v) is 3.92. The van der Waals surface area contributed by atoms with Gasteiger partial charge in [-0.1, -0.05) is 43.2 Å². The van der Waals surface area contributed by atoms with E-state index in [0.29, 0.717) is 32.1 Å². The van der Waals surface area contributed by atoms with E-state index in [1.165, 1.54) is 0 Å². The Hall–Kier alpha value is -1.92. The lowest BCUT2D eigenvalue weighted by atomic mass is 9.66. The molecular formula is C19H28N2O4. The van der Waals surface area contributed by atoms with Gasteiger partial charge in [0, 0.05) is 0 Å². The summed E-state index contributed by atoms with van der Waals surface area (Å²) < 4.78 is 0. The van der Waals surface area contributed by atoms with E-state index >= 15 is 0 Å². The first-order valence-electron chi connectivity index (χ1n) is 8.87. The van der Waals surface area contributed by atoms with Crippen molar-refractivity contribution in [2.24, 2.45) is 23.3 Å². The van der Waals surface area contributed by atoms with Gasteiger partial charge in [-0.15, -0.1) is 0 Å². The van der Waals surface area contributed by atoms with Gasteiger partial charge < -0.3 is 21.7 Å². The number of hydrogen-bond donors (Lipinski definition) is 4. The minimum absolute atomic E-state index is 0.0302. The first-order chi connectivity index (χ1) is 11.8. The number of benzene rings is 1. The van der Waals surface area contributed by atoms with Crippen LogP contribution in [-0.4, -0.2) is 33.7 Å². The van der Waals surface area contributed by atoms with E-state index in [4.69, 9.17) is 11.5 Å². The van der Waals surface area contributed by atoms with Crippen LogP contribution in [0.4, 0.5) is 0 Å². The lowest BCUT2D eigenvalue weighted by molar-refractivity contribution is -0.155. The number of amides is 2. The standard InChI is InChI=1S/C19H28N2O4/c20-17(23)15-8-4-5-11-19(15,25)16(18(21)24)12-14(22)10-9-13-6-2-1-3-7-13/h1-3,6-7,14-16,22,25H,4-5,8-12H2,(H2,20,23)(H2,21,24)/t14-,15?,16+,19-/m0/s1. The third-order valence-electron chi connectivity index (χ3n) is 5.33. The van der Waals surface area contributed by atoms with E-state index in [2.05, 4.69) is 0 Å². The van der Waals surface area contributed by atoms with Gasteiger partial charge in [-0.05, 0) is 37.7 Å². The van der Waals surface area contributed by atoms with Gasteiger partial charge >= 0.3 is 0 Å². The molecule has 2 rings (SSSR count). The van der Waals surface area contributed by atoms with Crippen LogP contribution in [0.1, 0.15) is 44.1 Å². The summed E-state index contributed by atoms with van der Waals surface area (Å²) >= 11 is 0. The van der Waals surface area contributed by atoms with Crippen LogP contribution < -0.4 is 11.5 Å². The Labute approximate surface area is 148 Å². The topological polar surface area (TPSA) is 127 Å². The van der Waals surface area contributed by atoms with Crippen molar-refractivity contribution in [1.29, 1.82) is 0 Å². The smallest absolute Gasteiger partial charge is 0.223 e. The van der Waals surface area contributed by atoms with Gasteiger partial charge in [0.05, 0.1) is 23.5 Å². The summed E-state index contributed by atoms with van der Waals surface area (Å²) in [5, 5.41) is 21.4. The molecule has 1 unspecified atom stereocenters. The molecule has 0 spiro atoms. The normalized spacial score (nSPS) is 25.9. The summed E-state index contributed by atoms with van der Waals surface area (Å²) in [5.41, 5.74) is 10.5. The summed E-state index contributed by atoms with van der Waals surface area (Å²) in [6.07, 6.45) is 2.55. The van der Waals surface area contributed by atoms with Crippen LogP contribution in [-0.2, 0) is 16.0 Å². The maximum atomic E-state index is 12.0. The Kier molecular flexibility index (Phi) is 6.56. The molecule has 2 amide bonds. The quantitative estimate of drug-likeness (QED) is 0.556. The Balaban J connectivity index is 2.06. The molecule has 138 valence electrons. The fraction of sp³-hybridized carbons (Fsp3) is 0.579. The molecule has 0 radical (unpaired) electrons. The van der Waals surface area contributed by atoms with Gasteiger partial charge in [0.2, 0.25) is 11.8 Å². The van der Waals surface area contributed by atoms with E-state index < -0.39 is 35.4 Å². The van der Waals surface area contributed by atoms with Crippen LogP contribution in [0.2, 0.25) is 0 Å². The number of primary amides is 2. The van der Waals surface area contributed by atoms with E-state index in [0.717, 1.165) is 12.0 Å². The van der Waals surface area contributed by atoms with Crippen LogP contribution in [0, 0.1) is 11.8 Å². The predicted molar refractivity (Wildman–Crippen MR) is 94.2 cm³/mol. The molecular weight excluding hydrogens is 320 g/mol. The average Bonchev–Trinajstić information content (AvgIpc) is 2.58. The van der Waals surface area contributed by atoms with Crippen LogP contribution in [0.25, 0.3) is 0 Å². The summed E-state index contributed by atoms with van der Waals surface area (Å²) in [6, 6.07) is 9.71. The summed E-state index contributed by atoms with van der Waals surface area (Å²) in [4.78, 5) is 23.7. The number of aliphatic hydroxyl groups is 2. The molecule has 1 aliphatic carbocycles. The van der Waals surface area contributed by atoms with Crippen molar-refractivity contribution in [2.75, 3.05) is 0 Å². The molecule has 6 heteroatoms. The molecule has 6 nitrogen and oxygen atoms in total.